The summed E-state index contributed by atoms with van der Waals surface area (Å²) in [6, 6.07) is 7.83. The van der Waals surface area contributed by atoms with E-state index < -0.39 is 29.5 Å². The molecule has 1 heterocycles. The van der Waals surface area contributed by atoms with Gasteiger partial charge in [-0.05, 0) is 18.9 Å². The second-order valence-electron chi connectivity index (χ2n) is 7.52. The van der Waals surface area contributed by atoms with Gasteiger partial charge in [0.05, 0.1) is 37.8 Å². The molecule has 8 nitrogen and oxygen atoms in total. The predicted octanol–water partition coefficient (Wildman–Crippen LogP) is 0.267. The maximum absolute atomic E-state index is 12.9. The number of nitrogens with one attached hydrogen (secondary N) is 1. The van der Waals surface area contributed by atoms with Gasteiger partial charge in [0, 0.05) is 20.6 Å². The molecule has 8 heteroatoms. The average Bonchev–Trinajstić information content (AvgIpc) is 3.46. The molecule has 3 N–H and O–H groups in total. The van der Waals surface area contributed by atoms with Crippen molar-refractivity contribution in [3.63, 3.8) is 0 Å². The van der Waals surface area contributed by atoms with Crippen molar-refractivity contribution >= 4 is 17.5 Å². The largest absolute Gasteiger partial charge is 0.384 e. The van der Waals surface area contributed by atoms with Crippen LogP contribution in [0.5, 0.6) is 0 Å². The Bertz CT molecular complexity index is 704. The normalized spacial score (nSPS) is 21.1. The van der Waals surface area contributed by atoms with Crippen LogP contribution in [0.4, 0.5) is 0 Å². The van der Waals surface area contributed by atoms with E-state index in [1.165, 1.54) is 14.2 Å². The number of carbonyl (C=O) groups excluding carboxylic acids is 3. The molecule has 1 fully saturated rings. The van der Waals surface area contributed by atoms with Crippen LogP contribution in [0, 0.1) is 5.92 Å². The number of benzene rings is 1. The van der Waals surface area contributed by atoms with E-state index in [9.17, 15) is 14.4 Å². The molecule has 4 atom stereocenters. The van der Waals surface area contributed by atoms with Crippen LogP contribution in [0.2, 0.25) is 0 Å². The molecule has 2 rings (SSSR count). The summed E-state index contributed by atoms with van der Waals surface area (Å²) >= 11 is 0. The molecular formula is C21H30N2O6. The van der Waals surface area contributed by atoms with E-state index in [0.29, 0.717) is 13.0 Å². The topological polar surface area (TPSA) is 120 Å². The van der Waals surface area contributed by atoms with Crippen molar-refractivity contribution in [2.24, 2.45) is 11.7 Å². The quantitative estimate of drug-likeness (QED) is 0.451. The number of epoxide rings is 1. The molecule has 1 aromatic rings. The van der Waals surface area contributed by atoms with Gasteiger partial charge in [-0.3, -0.25) is 14.4 Å². The van der Waals surface area contributed by atoms with Gasteiger partial charge in [-0.1, -0.05) is 30.3 Å². The monoisotopic (exact) mass is 406 g/mol. The van der Waals surface area contributed by atoms with Crippen molar-refractivity contribution in [1.82, 2.24) is 5.32 Å². The number of amides is 1. The van der Waals surface area contributed by atoms with Crippen LogP contribution in [0.25, 0.3) is 0 Å². The van der Waals surface area contributed by atoms with Crippen LogP contribution < -0.4 is 11.1 Å². The fraction of sp³-hybridized carbons (Fsp3) is 0.571. The van der Waals surface area contributed by atoms with E-state index in [2.05, 4.69) is 5.32 Å². The summed E-state index contributed by atoms with van der Waals surface area (Å²) in [7, 11) is 2.90. The lowest BCUT2D eigenvalue weighted by molar-refractivity contribution is -0.135. The Morgan fingerprint density at radius 1 is 1.17 bits per heavy atom. The molecule has 0 bridgehead atoms. The highest BCUT2D eigenvalue weighted by Gasteiger charge is 2.50. The first-order valence-electron chi connectivity index (χ1n) is 9.59. The zero-order valence-corrected chi connectivity index (χ0v) is 17.2. The van der Waals surface area contributed by atoms with Crippen molar-refractivity contribution in [2.45, 2.75) is 37.5 Å². The van der Waals surface area contributed by atoms with Crippen molar-refractivity contribution in [3.05, 3.63) is 35.9 Å². The minimum Gasteiger partial charge on any atom is -0.384 e. The van der Waals surface area contributed by atoms with Gasteiger partial charge >= 0.3 is 0 Å². The Morgan fingerprint density at radius 3 is 2.34 bits per heavy atom. The average molecular weight is 406 g/mol. The fourth-order valence-corrected chi connectivity index (χ4v) is 3.06. The molecule has 1 amide bonds. The minimum absolute atomic E-state index is 0.0390. The van der Waals surface area contributed by atoms with Crippen molar-refractivity contribution < 1.29 is 28.6 Å². The number of hydrogen-bond acceptors (Lipinski definition) is 7. The molecule has 1 aromatic carbocycles. The van der Waals surface area contributed by atoms with Crippen molar-refractivity contribution in [3.8, 4) is 0 Å². The highest BCUT2D eigenvalue weighted by molar-refractivity contribution is 5.97. The van der Waals surface area contributed by atoms with Crippen LogP contribution in [0.3, 0.4) is 0 Å². The van der Waals surface area contributed by atoms with E-state index in [1.54, 1.807) is 6.92 Å². The zero-order chi connectivity index (χ0) is 21.4. The highest BCUT2D eigenvalue weighted by Crippen LogP contribution is 2.29. The van der Waals surface area contributed by atoms with Crippen molar-refractivity contribution in [1.29, 1.82) is 0 Å². The Balaban J connectivity index is 2.10. The Morgan fingerprint density at radius 2 is 1.79 bits per heavy atom. The first-order valence-corrected chi connectivity index (χ1v) is 9.59. The fourth-order valence-electron chi connectivity index (χ4n) is 3.06. The number of rotatable bonds is 13. The second-order valence-corrected chi connectivity index (χ2v) is 7.52. The molecule has 0 aliphatic carbocycles. The molecule has 0 aromatic heterocycles. The molecule has 0 radical (unpaired) electrons. The summed E-state index contributed by atoms with van der Waals surface area (Å²) in [6.45, 7) is 2.15. The predicted molar refractivity (Wildman–Crippen MR) is 106 cm³/mol. The molecule has 0 unspecified atom stereocenters. The van der Waals surface area contributed by atoms with Gasteiger partial charge in [0.15, 0.2) is 11.6 Å². The third kappa shape index (κ3) is 6.71. The number of hydrogen-bond donors (Lipinski definition) is 2. The standard InChI is InChI=1S/C21H30N2O6/c1-21(13-29-21)19(25)17(9-14-7-5-4-6-8-14)23-20(26)15(11-27-2)10-18(24)16(22)12-28-3/h4-8,15-17H,9-13,22H2,1-3H3,(H,23,26)/t15-,16-,17-,21+/m0/s1. The zero-order valence-electron chi connectivity index (χ0n) is 17.2. The smallest absolute Gasteiger partial charge is 0.226 e. The minimum atomic E-state index is -0.875. The summed E-state index contributed by atoms with van der Waals surface area (Å²) in [4.78, 5) is 38.1. The van der Waals surface area contributed by atoms with E-state index in [0.717, 1.165) is 5.56 Å². The Labute approximate surface area is 171 Å². The van der Waals surface area contributed by atoms with Crippen LogP contribution in [-0.2, 0) is 35.0 Å². The number of Topliss-reactive ketones (excluding diaryl/α,β-unsaturated/α-hetero) is 2. The summed E-state index contributed by atoms with van der Waals surface area (Å²) in [5.41, 5.74) is 5.81. The molecule has 1 saturated heterocycles. The molecule has 1 aliphatic heterocycles. The van der Waals surface area contributed by atoms with Crippen molar-refractivity contribution in [2.75, 3.05) is 34.0 Å². The van der Waals surface area contributed by atoms with Gasteiger partial charge in [0.2, 0.25) is 5.91 Å². The van der Waals surface area contributed by atoms with Gasteiger partial charge in [0.1, 0.15) is 5.60 Å². The third-order valence-corrected chi connectivity index (χ3v) is 4.96. The SMILES string of the molecule is COC[C@H](CC(=O)[C@@H](N)COC)C(=O)N[C@@H](Cc1ccccc1)C(=O)[C@@]1(C)CO1. The third-order valence-electron chi connectivity index (χ3n) is 4.96. The van der Waals surface area contributed by atoms with E-state index in [4.69, 9.17) is 19.9 Å². The Kier molecular flexibility index (Phi) is 8.45. The maximum Gasteiger partial charge on any atom is 0.226 e. The number of ketones is 2. The summed E-state index contributed by atoms with van der Waals surface area (Å²) in [5, 5.41) is 2.80. The number of ether oxygens (including phenoxy) is 3. The van der Waals surface area contributed by atoms with Crippen LogP contribution in [0.1, 0.15) is 18.9 Å². The van der Waals surface area contributed by atoms with Gasteiger partial charge in [-0.2, -0.15) is 0 Å². The maximum atomic E-state index is 12.9. The lowest BCUT2D eigenvalue weighted by atomic mass is 9.93. The van der Waals surface area contributed by atoms with Crippen LogP contribution in [0.15, 0.2) is 30.3 Å². The van der Waals surface area contributed by atoms with E-state index >= 15 is 0 Å². The summed E-state index contributed by atoms with van der Waals surface area (Å²) in [6.07, 6.45) is 0.241. The second kappa shape index (κ2) is 10.6. The van der Waals surface area contributed by atoms with Gasteiger partial charge < -0.3 is 25.3 Å². The van der Waals surface area contributed by atoms with E-state index in [1.807, 2.05) is 30.3 Å². The summed E-state index contributed by atoms with van der Waals surface area (Å²) in [5.74, 6) is -1.67. The molecule has 160 valence electrons. The molecular weight excluding hydrogens is 376 g/mol. The number of nitrogens with two attached hydrogens (primary N) is 1. The highest BCUT2D eigenvalue weighted by atomic mass is 16.6. The molecule has 0 spiro atoms. The molecule has 1 aliphatic rings. The Hall–Kier alpha value is -2.13. The first-order chi connectivity index (χ1) is 13.8. The molecule has 29 heavy (non-hydrogen) atoms. The lowest BCUT2D eigenvalue weighted by Gasteiger charge is -2.23. The van der Waals surface area contributed by atoms with E-state index in [-0.39, 0.29) is 31.2 Å². The number of carbonyl (C=O) groups is 3. The molecule has 0 saturated carbocycles. The lowest BCUT2D eigenvalue weighted by Crippen LogP contribution is -2.50. The van der Waals surface area contributed by atoms with Gasteiger partial charge in [0.25, 0.3) is 0 Å². The first kappa shape index (κ1) is 23.2. The van der Waals surface area contributed by atoms with Crippen LogP contribution >= 0.6 is 0 Å². The number of methoxy groups -OCH3 is 2. The van der Waals surface area contributed by atoms with Gasteiger partial charge in [-0.15, -0.1) is 0 Å². The van der Waals surface area contributed by atoms with Crippen LogP contribution in [-0.4, -0.2) is 69.2 Å². The van der Waals surface area contributed by atoms with Gasteiger partial charge in [-0.25, -0.2) is 0 Å². The summed E-state index contributed by atoms with van der Waals surface area (Å²) < 4.78 is 15.3.